The average Bonchev–Trinajstić information content (AvgIpc) is 2.71. The molecule has 1 amide bonds. The first-order valence-electron chi connectivity index (χ1n) is 6.17. The van der Waals surface area contributed by atoms with Gasteiger partial charge >= 0.3 is 0 Å². The highest BCUT2D eigenvalue weighted by atomic mass is 79.9. The molecule has 19 heavy (non-hydrogen) atoms. The maximum Gasteiger partial charge on any atom is 0.244 e. The average molecular weight is 346 g/mol. The van der Waals surface area contributed by atoms with Crippen LogP contribution in [0.15, 0.2) is 22.0 Å². The van der Waals surface area contributed by atoms with Crippen LogP contribution in [0.25, 0.3) is 6.08 Å². The SMILES string of the molecule is CC(C)(C)C(CCO)NC(=O)/C=C/c1ccc(Br)s1. The van der Waals surface area contributed by atoms with Gasteiger partial charge in [-0.3, -0.25) is 4.79 Å². The Morgan fingerprint density at radius 2 is 2.21 bits per heavy atom. The van der Waals surface area contributed by atoms with Gasteiger partial charge < -0.3 is 10.4 Å². The van der Waals surface area contributed by atoms with Crippen LogP contribution in [0.1, 0.15) is 32.1 Å². The third-order valence-corrected chi connectivity index (χ3v) is 4.36. The van der Waals surface area contributed by atoms with E-state index in [0.717, 1.165) is 8.66 Å². The van der Waals surface area contributed by atoms with Gasteiger partial charge in [-0.05, 0) is 46.0 Å². The summed E-state index contributed by atoms with van der Waals surface area (Å²) in [4.78, 5) is 12.9. The lowest BCUT2D eigenvalue weighted by Crippen LogP contribution is -2.43. The van der Waals surface area contributed by atoms with Crippen molar-refractivity contribution in [3.63, 3.8) is 0 Å². The van der Waals surface area contributed by atoms with Crippen LogP contribution in [0.3, 0.4) is 0 Å². The van der Waals surface area contributed by atoms with E-state index in [1.165, 1.54) is 6.08 Å². The third kappa shape index (κ3) is 5.89. The Morgan fingerprint density at radius 3 is 2.68 bits per heavy atom. The van der Waals surface area contributed by atoms with Crippen molar-refractivity contribution in [2.24, 2.45) is 5.41 Å². The summed E-state index contributed by atoms with van der Waals surface area (Å²) in [5, 5.41) is 12.0. The van der Waals surface area contributed by atoms with Crippen LogP contribution in [0.4, 0.5) is 0 Å². The Hall–Kier alpha value is -0.650. The monoisotopic (exact) mass is 345 g/mol. The van der Waals surface area contributed by atoms with Crippen LogP contribution in [0.2, 0.25) is 0 Å². The van der Waals surface area contributed by atoms with Gasteiger partial charge in [-0.1, -0.05) is 20.8 Å². The molecule has 1 heterocycles. The molecule has 2 N–H and O–H groups in total. The van der Waals surface area contributed by atoms with Gasteiger partial charge in [0.05, 0.1) is 3.79 Å². The normalized spacial score (nSPS) is 13.7. The lowest BCUT2D eigenvalue weighted by Gasteiger charge is -2.30. The Labute approximate surface area is 126 Å². The molecule has 0 aliphatic heterocycles. The molecule has 3 nitrogen and oxygen atoms in total. The number of rotatable bonds is 5. The van der Waals surface area contributed by atoms with Crippen molar-refractivity contribution >= 4 is 39.2 Å². The molecule has 1 aromatic rings. The van der Waals surface area contributed by atoms with Gasteiger partial charge in [0, 0.05) is 23.6 Å². The molecule has 1 unspecified atom stereocenters. The predicted molar refractivity (Wildman–Crippen MR) is 84.1 cm³/mol. The summed E-state index contributed by atoms with van der Waals surface area (Å²) in [7, 11) is 0. The highest BCUT2D eigenvalue weighted by Gasteiger charge is 2.24. The van der Waals surface area contributed by atoms with Crippen LogP contribution in [0.5, 0.6) is 0 Å². The Bertz CT molecular complexity index is 449. The highest BCUT2D eigenvalue weighted by molar-refractivity contribution is 9.11. The van der Waals surface area contributed by atoms with Gasteiger partial charge in [0.2, 0.25) is 5.91 Å². The number of carbonyl (C=O) groups excluding carboxylic acids is 1. The zero-order valence-electron chi connectivity index (χ0n) is 11.4. The van der Waals surface area contributed by atoms with Crippen LogP contribution in [0, 0.1) is 5.41 Å². The van der Waals surface area contributed by atoms with Crippen LogP contribution >= 0.6 is 27.3 Å². The van der Waals surface area contributed by atoms with E-state index in [1.54, 1.807) is 17.4 Å². The number of aliphatic hydroxyl groups is 1. The van der Waals surface area contributed by atoms with E-state index in [4.69, 9.17) is 5.11 Å². The fourth-order valence-corrected chi connectivity index (χ4v) is 2.97. The van der Waals surface area contributed by atoms with Crippen molar-refractivity contribution in [2.75, 3.05) is 6.61 Å². The predicted octanol–water partition coefficient (Wildman–Crippen LogP) is 3.44. The second-order valence-corrected chi connectivity index (χ2v) is 7.91. The van der Waals surface area contributed by atoms with Gasteiger partial charge in [0.15, 0.2) is 0 Å². The molecule has 106 valence electrons. The summed E-state index contributed by atoms with van der Waals surface area (Å²) in [6.07, 6.45) is 3.89. The molecule has 0 radical (unpaired) electrons. The molecule has 1 aromatic heterocycles. The molecule has 0 bridgehead atoms. The van der Waals surface area contributed by atoms with E-state index in [2.05, 4.69) is 21.2 Å². The van der Waals surface area contributed by atoms with E-state index in [0.29, 0.717) is 6.42 Å². The van der Waals surface area contributed by atoms with Gasteiger partial charge in [0.25, 0.3) is 0 Å². The Balaban J connectivity index is 2.60. The molecular formula is C14H20BrNO2S. The number of hydrogen-bond acceptors (Lipinski definition) is 3. The second-order valence-electron chi connectivity index (χ2n) is 5.41. The standard InChI is InChI=1S/C14H20BrNO2S/c1-14(2,3)11(8-9-17)16-13(18)7-5-10-4-6-12(15)19-10/h4-7,11,17H,8-9H2,1-3H3,(H,16,18)/b7-5+. The highest BCUT2D eigenvalue weighted by Crippen LogP contribution is 2.23. The number of nitrogens with one attached hydrogen (secondary N) is 1. The molecule has 0 spiro atoms. The summed E-state index contributed by atoms with van der Waals surface area (Å²) < 4.78 is 1.04. The first kappa shape index (κ1) is 16.4. The molecule has 1 atom stereocenters. The maximum absolute atomic E-state index is 11.9. The first-order valence-corrected chi connectivity index (χ1v) is 7.78. The van der Waals surface area contributed by atoms with Crippen LogP contribution < -0.4 is 5.32 Å². The zero-order valence-corrected chi connectivity index (χ0v) is 13.8. The summed E-state index contributed by atoms with van der Waals surface area (Å²) in [6.45, 7) is 6.22. The molecule has 1 rings (SSSR count). The molecular weight excluding hydrogens is 326 g/mol. The number of halogens is 1. The van der Waals surface area contributed by atoms with E-state index in [1.807, 2.05) is 32.9 Å². The smallest absolute Gasteiger partial charge is 0.244 e. The van der Waals surface area contributed by atoms with Gasteiger partial charge in [-0.15, -0.1) is 11.3 Å². The van der Waals surface area contributed by atoms with E-state index >= 15 is 0 Å². The number of aliphatic hydroxyl groups excluding tert-OH is 1. The molecule has 0 aliphatic carbocycles. The zero-order chi connectivity index (χ0) is 14.5. The van der Waals surface area contributed by atoms with Crippen molar-refractivity contribution < 1.29 is 9.90 Å². The quantitative estimate of drug-likeness (QED) is 0.803. The molecule has 0 fully saturated rings. The van der Waals surface area contributed by atoms with Crippen LogP contribution in [-0.4, -0.2) is 23.7 Å². The van der Waals surface area contributed by atoms with E-state index in [-0.39, 0.29) is 24.0 Å². The summed E-state index contributed by atoms with van der Waals surface area (Å²) in [5.41, 5.74) is -0.0712. The van der Waals surface area contributed by atoms with Crippen molar-refractivity contribution in [3.05, 3.63) is 26.9 Å². The number of hydrogen-bond donors (Lipinski definition) is 2. The molecule has 0 saturated carbocycles. The fraction of sp³-hybridized carbons (Fsp3) is 0.500. The van der Waals surface area contributed by atoms with E-state index in [9.17, 15) is 4.79 Å². The largest absolute Gasteiger partial charge is 0.396 e. The maximum atomic E-state index is 11.9. The molecule has 0 saturated heterocycles. The molecule has 5 heteroatoms. The van der Waals surface area contributed by atoms with Crippen molar-refractivity contribution in [1.29, 1.82) is 0 Å². The lowest BCUT2D eigenvalue weighted by atomic mass is 9.85. The van der Waals surface area contributed by atoms with Crippen LogP contribution in [-0.2, 0) is 4.79 Å². The summed E-state index contributed by atoms with van der Waals surface area (Å²) in [5.74, 6) is -0.127. The molecule has 0 aromatic carbocycles. The fourth-order valence-electron chi connectivity index (χ4n) is 1.65. The minimum Gasteiger partial charge on any atom is -0.396 e. The first-order chi connectivity index (χ1) is 8.82. The minimum absolute atomic E-state index is 0.0373. The lowest BCUT2D eigenvalue weighted by molar-refractivity contribution is -0.118. The molecule has 0 aliphatic rings. The number of carbonyl (C=O) groups is 1. The van der Waals surface area contributed by atoms with Crippen molar-refractivity contribution in [3.8, 4) is 0 Å². The van der Waals surface area contributed by atoms with Gasteiger partial charge in [0.1, 0.15) is 0 Å². The topological polar surface area (TPSA) is 49.3 Å². The summed E-state index contributed by atoms with van der Waals surface area (Å²) >= 11 is 4.96. The third-order valence-electron chi connectivity index (χ3n) is 2.77. The Kier molecular flexibility index (Phi) is 6.23. The van der Waals surface area contributed by atoms with Crippen molar-refractivity contribution in [2.45, 2.75) is 33.2 Å². The second kappa shape index (κ2) is 7.22. The Morgan fingerprint density at radius 1 is 1.53 bits per heavy atom. The number of amides is 1. The summed E-state index contributed by atoms with van der Waals surface area (Å²) in [6, 6.07) is 3.86. The number of thiophene rings is 1. The van der Waals surface area contributed by atoms with E-state index < -0.39 is 0 Å². The minimum atomic E-state index is -0.127. The van der Waals surface area contributed by atoms with Gasteiger partial charge in [-0.25, -0.2) is 0 Å². The van der Waals surface area contributed by atoms with Crippen molar-refractivity contribution in [1.82, 2.24) is 5.32 Å². The van der Waals surface area contributed by atoms with Gasteiger partial charge in [-0.2, -0.15) is 0 Å².